The van der Waals surface area contributed by atoms with E-state index in [2.05, 4.69) is 5.32 Å². The number of hydrogen-bond donors (Lipinski definition) is 2. The third-order valence-corrected chi connectivity index (χ3v) is 3.20. The van der Waals surface area contributed by atoms with Crippen molar-refractivity contribution in [1.82, 2.24) is 5.32 Å². The second-order valence-electron chi connectivity index (χ2n) is 4.69. The van der Waals surface area contributed by atoms with Crippen LogP contribution in [-0.4, -0.2) is 35.7 Å². The molecular weight excluding hydrogens is 222 g/mol. The molecule has 2 N–H and O–H groups in total. The number of ether oxygens (including phenoxy) is 1. The Hall–Kier alpha value is -1.10. The van der Waals surface area contributed by atoms with Gasteiger partial charge in [-0.3, -0.25) is 9.59 Å². The van der Waals surface area contributed by atoms with Gasteiger partial charge in [0.05, 0.1) is 24.7 Å². The SMILES string of the molecule is CCOC(=O)[C@H]1C[C@@H](O)[C@H](NC(C)=O)[C@@H](C)C1. The van der Waals surface area contributed by atoms with E-state index >= 15 is 0 Å². The summed E-state index contributed by atoms with van der Waals surface area (Å²) >= 11 is 0. The van der Waals surface area contributed by atoms with Crippen molar-refractivity contribution in [2.24, 2.45) is 11.8 Å². The van der Waals surface area contributed by atoms with Crippen molar-refractivity contribution in [2.75, 3.05) is 6.61 Å². The number of hydrogen-bond acceptors (Lipinski definition) is 4. The lowest BCUT2D eigenvalue weighted by Gasteiger charge is -2.37. The number of esters is 1. The average Bonchev–Trinajstić information content (AvgIpc) is 2.23. The summed E-state index contributed by atoms with van der Waals surface area (Å²) in [6.45, 7) is 5.47. The summed E-state index contributed by atoms with van der Waals surface area (Å²) in [6, 6.07) is -0.266. The highest BCUT2D eigenvalue weighted by Gasteiger charge is 2.38. The van der Waals surface area contributed by atoms with E-state index in [0.29, 0.717) is 19.4 Å². The van der Waals surface area contributed by atoms with Crippen LogP contribution < -0.4 is 5.32 Å². The summed E-state index contributed by atoms with van der Waals surface area (Å²) in [7, 11) is 0. The highest BCUT2D eigenvalue weighted by atomic mass is 16.5. The summed E-state index contributed by atoms with van der Waals surface area (Å²) in [4.78, 5) is 22.6. The van der Waals surface area contributed by atoms with Crippen LogP contribution in [0.5, 0.6) is 0 Å². The third kappa shape index (κ3) is 3.70. The first-order chi connectivity index (χ1) is 7.95. The fourth-order valence-electron chi connectivity index (χ4n) is 2.43. The zero-order valence-electron chi connectivity index (χ0n) is 10.6. The van der Waals surface area contributed by atoms with E-state index in [1.165, 1.54) is 6.92 Å². The maximum atomic E-state index is 11.6. The van der Waals surface area contributed by atoms with Gasteiger partial charge in [-0.15, -0.1) is 0 Å². The number of amides is 1. The summed E-state index contributed by atoms with van der Waals surface area (Å²) in [5.41, 5.74) is 0. The molecule has 0 aliphatic heterocycles. The molecule has 1 fully saturated rings. The van der Waals surface area contributed by atoms with E-state index in [4.69, 9.17) is 4.74 Å². The highest BCUT2D eigenvalue weighted by molar-refractivity contribution is 5.74. The molecule has 0 aromatic heterocycles. The predicted octanol–water partition coefficient (Wildman–Crippen LogP) is 0.461. The quantitative estimate of drug-likeness (QED) is 0.706. The molecule has 1 rings (SSSR count). The second-order valence-corrected chi connectivity index (χ2v) is 4.69. The Morgan fingerprint density at radius 3 is 2.53 bits per heavy atom. The van der Waals surface area contributed by atoms with Crippen molar-refractivity contribution >= 4 is 11.9 Å². The Balaban J connectivity index is 2.60. The lowest BCUT2D eigenvalue weighted by Crippen LogP contribution is -2.51. The van der Waals surface area contributed by atoms with Gasteiger partial charge in [-0.25, -0.2) is 0 Å². The van der Waals surface area contributed by atoms with Crippen LogP contribution in [0.2, 0.25) is 0 Å². The standard InChI is InChI=1S/C12H21NO4/c1-4-17-12(16)9-5-7(2)11(10(15)6-9)13-8(3)14/h7,9-11,15H,4-6H2,1-3H3,(H,13,14)/t7-,9+,10+,11+/m0/s1. The summed E-state index contributed by atoms with van der Waals surface area (Å²) in [5, 5.41) is 12.7. The predicted molar refractivity (Wildman–Crippen MR) is 62.1 cm³/mol. The molecule has 0 spiro atoms. The van der Waals surface area contributed by atoms with Crippen molar-refractivity contribution in [1.29, 1.82) is 0 Å². The molecule has 1 saturated carbocycles. The number of nitrogens with one attached hydrogen (secondary N) is 1. The van der Waals surface area contributed by atoms with Crippen molar-refractivity contribution < 1.29 is 19.4 Å². The molecule has 0 bridgehead atoms. The van der Waals surface area contributed by atoms with Crippen molar-refractivity contribution in [3.63, 3.8) is 0 Å². The normalized spacial score (nSPS) is 32.9. The first-order valence-corrected chi connectivity index (χ1v) is 6.07. The molecule has 4 atom stereocenters. The van der Waals surface area contributed by atoms with Crippen LogP contribution in [0.15, 0.2) is 0 Å². The number of carbonyl (C=O) groups is 2. The molecule has 0 unspecified atom stereocenters. The Labute approximate surface area is 102 Å². The Kier molecular flexibility index (Phi) is 4.93. The van der Waals surface area contributed by atoms with Crippen LogP contribution in [-0.2, 0) is 14.3 Å². The molecule has 1 aliphatic carbocycles. The zero-order chi connectivity index (χ0) is 13.0. The van der Waals surface area contributed by atoms with Gasteiger partial charge in [0, 0.05) is 6.92 Å². The molecule has 0 aromatic rings. The number of aliphatic hydroxyl groups is 1. The van der Waals surface area contributed by atoms with E-state index in [1.807, 2.05) is 6.92 Å². The second kappa shape index (κ2) is 6.00. The van der Waals surface area contributed by atoms with Gasteiger partial charge < -0.3 is 15.2 Å². The van der Waals surface area contributed by atoms with Gasteiger partial charge in [0.25, 0.3) is 0 Å². The fraction of sp³-hybridized carbons (Fsp3) is 0.833. The number of aliphatic hydroxyl groups excluding tert-OH is 1. The smallest absolute Gasteiger partial charge is 0.309 e. The van der Waals surface area contributed by atoms with E-state index in [1.54, 1.807) is 6.92 Å². The third-order valence-electron chi connectivity index (χ3n) is 3.20. The van der Waals surface area contributed by atoms with Gasteiger partial charge in [-0.1, -0.05) is 6.92 Å². The molecule has 1 aliphatic rings. The van der Waals surface area contributed by atoms with Crippen molar-refractivity contribution in [3.05, 3.63) is 0 Å². The van der Waals surface area contributed by atoms with Crippen LogP contribution in [0, 0.1) is 11.8 Å². The van der Waals surface area contributed by atoms with Crippen LogP contribution in [0.4, 0.5) is 0 Å². The highest BCUT2D eigenvalue weighted by Crippen LogP contribution is 2.30. The van der Waals surface area contributed by atoms with E-state index < -0.39 is 6.10 Å². The van der Waals surface area contributed by atoms with Crippen molar-refractivity contribution in [2.45, 2.75) is 45.8 Å². The molecule has 1 amide bonds. The van der Waals surface area contributed by atoms with Crippen LogP contribution in [0.3, 0.4) is 0 Å². The molecule has 5 heteroatoms. The van der Waals surface area contributed by atoms with Gasteiger partial charge in [-0.05, 0) is 25.7 Å². The van der Waals surface area contributed by atoms with E-state index in [0.717, 1.165) is 0 Å². The topological polar surface area (TPSA) is 75.6 Å². The first-order valence-electron chi connectivity index (χ1n) is 6.07. The number of rotatable bonds is 3. The van der Waals surface area contributed by atoms with Crippen LogP contribution >= 0.6 is 0 Å². The van der Waals surface area contributed by atoms with Gasteiger partial charge in [0.2, 0.25) is 5.91 Å². The molecule has 0 saturated heterocycles. The van der Waals surface area contributed by atoms with Gasteiger partial charge >= 0.3 is 5.97 Å². The Morgan fingerprint density at radius 2 is 2.06 bits per heavy atom. The maximum Gasteiger partial charge on any atom is 0.309 e. The zero-order valence-corrected chi connectivity index (χ0v) is 10.6. The number of carbonyl (C=O) groups excluding carboxylic acids is 2. The Bertz CT molecular complexity index is 280. The molecule has 5 nitrogen and oxygen atoms in total. The van der Waals surface area contributed by atoms with Crippen molar-refractivity contribution in [3.8, 4) is 0 Å². The minimum Gasteiger partial charge on any atom is -0.466 e. The molecule has 0 aromatic carbocycles. The lowest BCUT2D eigenvalue weighted by atomic mass is 9.77. The molecule has 17 heavy (non-hydrogen) atoms. The van der Waals surface area contributed by atoms with E-state index in [-0.39, 0.29) is 29.8 Å². The lowest BCUT2D eigenvalue weighted by molar-refractivity contribution is -0.152. The largest absolute Gasteiger partial charge is 0.466 e. The average molecular weight is 243 g/mol. The van der Waals surface area contributed by atoms with Gasteiger partial charge in [-0.2, -0.15) is 0 Å². The van der Waals surface area contributed by atoms with E-state index in [9.17, 15) is 14.7 Å². The summed E-state index contributed by atoms with van der Waals surface area (Å²) < 4.78 is 4.96. The Morgan fingerprint density at radius 1 is 1.41 bits per heavy atom. The molecule has 98 valence electrons. The summed E-state index contributed by atoms with van der Waals surface area (Å²) in [6.07, 6.45) is 0.312. The van der Waals surface area contributed by atoms with Gasteiger partial charge in [0.1, 0.15) is 0 Å². The first kappa shape index (κ1) is 14.0. The molecule has 0 radical (unpaired) electrons. The van der Waals surface area contributed by atoms with Crippen LogP contribution in [0.1, 0.15) is 33.6 Å². The minimum absolute atomic E-state index is 0.0667. The van der Waals surface area contributed by atoms with Crippen LogP contribution in [0.25, 0.3) is 0 Å². The summed E-state index contributed by atoms with van der Waals surface area (Å²) in [5.74, 6) is -0.600. The molecular formula is C12H21NO4. The maximum absolute atomic E-state index is 11.6. The minimum atomic E-state index is -0.683. The monoisotopic (exact) mass is 243 g/mol. The van der Waals surface area contributed by atoms with Gasteiger partial charge in [0.15, 0.2) is 0 Å². The fourth-order valence-corrected chi connectivity index (χ4v) is 2.43. The molecule has 0 heterocycles.